The van der Waals surface area contributed by atoms with E-state index in [2.05, 4.69) is 21.8 Å². The number of carboxylic acids is 1. The molecule has 1 saturated heterocycles. The van der Waals surface area contributed by atoms with Gasteiger partial charge >= 0.3 is 5.97 Å². The Morgan fingerprint density at radius 3 is 2.56 bits per heavy atom. The number of anilines is 1. The van der Waals surface area contributed by atoms with Crippen LogP contribution in [0.2, 0.25) is 5.02 Å². The van der Waals surface area contributed by atoms with E-state index >= 15 is 0 Å². The van der Waals surface area contributed by atoms with E-state index in [1.54, 1.807) is 0 Å². The molecule has 0 spiro atoms. The number of hydrogen-bond donors (Lipinski definition) is 1. The molecule has 0 unspecified atom stereocenters. The number of ether oxygens (including phenoxy) is 1. The summed E-state index contributed by atoms with van der Waals surface area (Å²) in [7, 11) is 2.10. The molecule has 7 heteroatoms. The molecule has 25 heavy (non-hydrogen) atoms. The zero-order chi connectivity index (χ0) is 18.1. The predicted molar refractivity (Wildman–Crippen MR) is 99.2 cm³/mol. The monoisotopic (exact) mass is 363 g/mol. The molecule has 1 aromatic carbocycles. The molecule has 0 bridgehead atoms. The third kappa shape index (κ3) is 3.65. The smallest absolute Gasteiger partial charge is 0.338 e. The van der Waals surface area contributed by atoms with Crippen molar-refractivity contribution in [2.24, 2.45) is 0 Å². The lowest BCUT2D eigenvalue weighted by Crippen LogP contribution is -2.44. The normalized spacial score (nSPS) is 15.8. The van der Waals surface area contributed by atoms with Gasteiger partial charge in [-0.15, -0.1) is 0 Å². The second-order valence-electron chi connectivity index (χ2n) is 6.59. The summed E-state index contributed by atoms with van der Waals surface area (Å²) >= 11 is 6.34. The van der Waals surface area contributed by atoms with Crippen molar-refractivity contribution in [2.75, 3.05) is 38.1 Å². The van der Waals surface area contributed by atoms with E-state index in [1.165, 1.54) is 6.20 Å². The minimum absolute atomic E-state index is 0.0102. The summed E-state index contributed by atoms with van der Waals surface area (Å²) in [5, 5.41) is 10.1. The van der Waals surface area contributed by atoms with Gasteiger partial charge in [0, 0.05) is 43.8 Å². The number of carbonyl (C=O) groups is 1. The molecule has 0 radical (unpaired) electrons. The summed E-state index contributed by atoms with van der Waals surface area (Å²) in [6, 6.07) is 3.75. The maximum Gasteiger partial charge on any atom is 0.338 e. The number of nitrogens with zero attached hydrogens (tertiary/aromatic N) is 3. The number of piperazine rings is 1. The Morgan fingerprint density at radius 1 is 1.28 bits per heavy atom. The fraction of sp³-hybridized carbons (Fsp3) is 0.444. The van der Waals surface area contributed by atoms with Gasteiger partial charge in [0.1, 0.15) is 5.75 Å². The summed E-state index contributed by atoms with van der Waals surface area (Å²) in [5.41, 5.74) is 1.57. The van der Waals surface area contributed by atoms with Gasteiger partial charge in [-0.25, -0.2) is 4.79 Å². The fourth-order valence-corrected chi connectivity index (χ4v) is 3.25. The van der Waals surface area contributed by atoms with Crippen LogP contribution >= 0.6 is 11.6 Å². The highest BCUT2D eigenvalue weighted by Crippen LogP contribution is 2.37. The molecule has 3 rings (SSSR count). The van der Waals surface area contributed by atoms with Crippen molar-refractivity contribution in [3.8, 4) is 5.75 Å². The van der Waals surface area contributed by atoms with Gasteiger partial charge in [-0.3, -0.25) is 4.98 Å². The molecule has 1 aliphatic heterocycles. The SMILES string of the molecule is CC(C)Oc1cc2ncc(C(=O)O)c(Cl)c2cc1N1CCN(C)CC1. The highest BCUT2D eigenvalue weighted by atomic mass is 35.5. The number of fused-ring (bicyclic) bond motifs is 1. The number of halogens is 1. The largest absolute Gasteiger partial charge is 0.489 e. The number of aromatic carboxylic acids is 1. The molecule has 1 aliphatic rings. The third-order valence-corrected chi connectivity index (χ3v) is 4.73. The highest BCUT2D eigenvalue weighted by molar-refractivity contribution is 6.38. The highest BCUT2D eigenvalue weighted by Gasteiger charge is 2.21. The minimum Gasteiger partial charge on any atom is -0.489 e. The van der Waals surface area contributed by atoms with Crippen molar-refractivity contribution >= 4 is 34.2 Å². The molecule has 0 amide bonds. The second kappa shape index (κ2) is 7.06. The summed E-state index contributed by atoms with van der Waals surface area (Å²) in [6.07, 6.45) is 1.32. The molecule has 2 heterocycles. The van der Waals surface area contributed by atoms with Gasteiger partial charge in [0.2, 0.25) is 0 Å². The summed E-state index contributed by atoms with van der Waals surface area (Å²) in [6.45, 7) is 7.62. The molecule has 134 valence electrons. The lowest BCUT2D eigenvalue weighted by Gasteiger charge is -2.35. The van der Waals surface area contributed by atoms with E-state index in [4.69, 9.17) is 16.3 Å². The van der Waals surface area contributed by atoms with Crippen LogP contribution in [0.3, 0.4) is 0 Å². The second-order valence-corrected chi connectivity index (χ2v) is 6.96. The Labute approximate surface area is 152 Å². The van der Waals surface area contributed by atoms with Gasteiger partial charge in [0.05, 0.1) is 27.9 Å². The van der Waals surface area contributed by atoms with E-state index < -0.39 is 5.97 Å². The van der Waals surface area contributed by atoms with E-state index in [0.717, 1.165) is 37.6 Å². The number of likely N-dealkylation sites (N-methyl/N-ethyl adjacent to an activating group) is 1. The van der Waals surface area contributed by atoms with Gasteiger partial charge in [0.15, 0.2) is 0 Å². The van der Waals surface area contributed by atoms with Crippen molar-refractivity contribution in [3.05, 3.63) is 28.9 Å². The van der Waals surface area contributed by atoms with E-state index in [-0.39, 0.29) is 16.7 Å². The first-order chi connectivity index (χ1) is 11.9. The predicted octanol–water partition coefficient (Wildman–Crippen LogP) is 3.13. The number of hydrogen-bond acceptors (Lipinski definition) is 5. The van der Waals surface area contributed by atoms with Crippen LogP contribution in [0.4, 0.5) is 5.69 Å². The van der Waals surface area contributed by atoms with Crippen molar-refractivity contribution in [2.45, 2.75) is 20.0 Å². The van der Waals surface area contributed by atoms with Crippen molar-refractivity contribution in [1.29, 1.82) is 0 Å². The van der Waals surface area contributed by atoms with Crippen LogP contribution in [0.15, 0.2) is 18.3 Å². The van der Waals surface area contributed by atoms with Crippen molar-refractivity contribution in [1.82, 2.24) is 9.88 Å². The Kier molecular flexibility index (Phi) is 5.01. The van der Waals surface area contributed by atoms with Crippen LogP contribution in [0, 0.1) is 0 Å². The molecule has 0 aliphatic carbocycles. The molecule has 6 nitrogen and oxygen atoms in total. The topological polar surface area (TPSA) is 65.9 Å². The van der Waals surface area contributed by atoms with Crippen molar-refractivity contribution < 1.29 is 14.6 Å². The summed E-state index contributed by atoms with van der Waals surface area (Å²) < 4.78 is 6.00. The number of carboxylic acid groups (broad SMARTS) is 1. The van der Waals surface area contributed by atoms with E-state index in [9.17, 15) is 9.90 Å². The summed E-state index contributed by atoms with van der Waals surface area (Å²) in [4.78, 5) is 20.1. The average molecular weight is 364 g/mol. The first-order valence-electron chi connectivity index (χ1n) is 8.32. The standard InChI is InChI=1S/C18H22ClN3O3/c1-11(2)25-16-9-14-12(17(19)13(10-20-14)18(23)24)8-15(16)22-6-4-21(3)5-7-22/h8-11H,4-7H2,1-3H3,(H,23,24). The molecule has 1 aromatic heterocycles. The lowest BCUT2D eigenvalue weighted by molar-refractivity contribution is 0.0697. The van der Waals surface area contributed by atoms with Crippen LogP contribution in [0.1, 0.15) is 24.2 Å². The zero-order valence-corrected chi connectivity index (χ0v) is 15.4. The van der Waals surface area contributed by atoms with E-state index in [1.807, 2.05) is 26.0 Å². The number of aromatic nitrogens is 1. The third-order valence-electron chi connectivity index (χ3n) is 4.32. The Morgan fingerprint density at radius 2 is 1.96 bits per heavy atom. The van der Waals surface area contributed by atoms with Crippen molar-refractivity contribution in [3.63, 3.8) is 0 Å². The molecule has 1 fully saturated rings. The molecule has 0 atom stereocenters. The molecular weight excluding hydrogens is 342 g/mol. The van der Waals surface area contributed by atoms with Crippen LogP contribution in [0.25, 0.3) is 10.9 Å². The number of rotatable bonds is 4. The maximum absolute atomic E-state index is 11.3. The maximum atomic E-state index is 11.3. The first kappa shape index (κ1) is 17.8. The Hall–Kier alpha value is -2.05. The number of pyridine rings is 1. The average Bonchev–Trinajstić information content (AvgIpc) is 2.55. The van der Waals surface area contributed by atoms with Gasteiger partial charge in [-0.1, -0.05) is 11.6 Å². The van der Waals surface area contributed by atoms with Gasteiger partial charge in [-0.05, 0) is 27.0 Å². The molecular formula is C18H22ClN3O3. The quantitative estimate of drug-likeness (QED) is 0.900. The van der Waals surface area contributed by atoms with Crippen LogP contribution < -0.4 is 9.64 Å². The molecule has 2 aromatic rings. The lowest BCUT2D eigenvalue weighted by atomic mass is 10.1. The van der Waals surface area contributed by atoms with Crippen LogP contribution in [-0.4, -0.2) is 60.3 Å². The first-order valence-corrected chi connectivity index (χ1v) is 8.70. The molecule has 0 saturated carbocycles. The van der Waals surface area contributed by atoms with Crippen LogP contribution in [-0.2, 0) is 0 Å². The Bertz CT molecular complexity index is 802. The summed E-state index contributed by atoms with van der Waals surface area (Å²) in [5.74, 6) is -0.332. The zero-order valence-electron chi connectivity index (χ0n) is 14.6. The van der Waals surface area contributed by atoms with Crippen LogP contribution in [0.5, 0.6) is 5.75 Å². The number of benzene rings is 1. The van der Waals surface area contributed by atoms with Gasteiger partial charge in [0.25, 0.3) is 0 Å². The minimum atomic E-state index is -1.08. The fourth-order valence-electron chi connectivity index (χ4n) is 2.97. The van der Waals surface area contributed by atoms with Gasteiger partial charge in [-0.2, -0.15) is 0 Å². The molecule has 1 N–H and O–H groups in total. The van der Waals surface area contributed by atoms with Gasteiger partial charge < -0.3 is 19.6 Å². The Balaban J connectivity index is 2.13. The van der Waals surface area contributed by atoms with E-state index in [0.29, 0.717) is 10.9 Å².